The molecule has 0 spiro atoms. The largest absolute Gasteiger partial charge is 0.352 e. The summed E-state index contributed by atoms with van der Waals surface area (Å²) < 4.78 is 0. The summed E-state index contributed by atoms with van der Waals surface area (Å²) in [5.74, 6) is 1.94. The molecule has 2 aromatic carbocycles. The fourth-order valence-electron chi connectivity index (χ4n) is 3.75. The Morgan fingerprint density at radius 3 is 2.24 bits per heavy atom. The van der Waals surface area contributed by atoms with Crippen LogP contribution in [0, 0.1) is 5.41 Å². The standard InChI is InChI=1S/C24H28N4O/c1-24(2,3)17-21(29)27-13-15-28(16-14-27)23-19-11-7-8-12-20(19)25-22(26-23)18-9-5-4-6-10-18/h4-12H,13-17H2,1-3H3. The Bertz CT molecular complexity index is 1000. The van der Waals surface area contributed by atoms with Gasteiger partial charge in [0.25, 0.3) is 0 Å². The van der Waals surface area contributed by atoms with Crippen LogP contribution in [-0.2, 0) is 4.79 Å². The van der Waals surface area contributed by atoms with E-state index >= 15 is 0 Å². The van der Waals surface area contributed by atoms with E-state index in [0.717, 1.165) is 54.3 Å². The number of hydrogen-bond acceptors (Lipinski definition) is 4. The van der Waals surface area contributed by atoms with Crippen LogP contribution in [0.2, 0.25) is 0 Å². The van der Waals surface area contributed by atoms with Crippen LogP contribution in [0.15, 0.2) is 54.6 Å². The summed E-state index contributed by atoms with van der Waals surface area (Å²) in [5, 5.41) is 1.06. The van der Waals surface area contributed by atoms with Crippen LogP contribution in [0.5, 0.6) is 0 Å². The Morgan fingerprint density at radius 1 is 0.897 bits per heavy atom. The third-order valence-electron chi connectivity index (χ3n) is 5.23. The average molecular weight is 389 g/mol. The minimum Gasteiger partial charge on any atom is -0.352 e. The van der Waals surface area contributed by atoms with Gasteiger partial charge in [0.1, 0.15) is 5.82 Å². The van der Waals surface area contributed by atoms with Crippen LogP contribution >= 0.6 is 0 Å². The third-order valence-corrected chi connectivity index (χ3v) is 5.23. The number of aromatic nitrogens is 2. The summed E-state index contributed by atoms with van der Waals surface area (Å²) in [4.78, 5) is 26.6. The van der Waals surface area contributed by atoms with Gasteiger partial charge >= 0.3 is 0 Å². The van der Waals surface area contributed by atoms with Crippen molar-refractivity contribution in [2.45, 2.75) is 27.2 Å². The normalized spacial score (nSPS) is 15.0. The zero-order valence-corrected chi connectivity index (χ0v) is 17.4. The molecule has 0 atom stereocenters. The molecule has 0 N–H and O–H groups in total. The minimum absolute atomic E-state index is 0.0155. The highest BCUT2D eigenvalue weighted by atomic mass is 16.2. The maximum Gasteiger partial charge on any atom is 0.223 e. The maximum atomic E-state index is 12.6. The highest BCUT2D eigenvalue weighted by Crippen LogP contribution is 2.28. The number of para-hydroxylation sites is 1. The molecule has 29 heavy (non-hydrogen) atoms. The number of nitrogens with zero attached hydrogens (tertiary/aromatic N) is 4. The monoisotopic (exact) mass is 388 g/mol. The van der Waals surface area contributed by atoms with Gasteiger partial charge < -0.3 is 9.80 Å². The molecule has 1 aliphatic rings. The average Bonchev–Trinajstić information content (AvgIpc) is 2.72. The molecule has 0 bridgehead atoms. The molecule has 1 amide bonds. The number of carbonyl (C=O) groups is 1. The lowest BCUT2D eigenvalue weighted by Crippen LogP contribution is -2.49. The molecule has 1 saturated heterocycles. The lowest BCUT2D eigenvalue weighted by Gasteiger charge is -2.37. The second kappa shape index (κ2) is 7.82. The highest BCUT2D eigenvalue weighted by Gasteiger charge is 2.26. The van der Waals surface area contributed by atoms with E-state index in [-0.39, 0.29) is 11.3 Å². The first-order chi connectivity index (χ1) is 13.9. The Kier molecular flexibility index (Phi) is 5.22. The van der Waals surface area contributed by atoms with Crippen LogP contribution in [0.1, 0.15) is 27.2 Å². The van der Waals surface area contributed by atoms with Gasteiger partial charge in [0.2, 0.25) is 5.91 Å². The molecular weight excluding hydrogens is 360 g/mol. The zero-order chi connectivity index (χ0) is 20.4. The third kappa shape index (κ3) is 4.39. The topological polar surface area (TPSA) is 49.3 Å². The number of benzene rings is 2. The van der Waals surface area contributed by atoms with Crippen LogP contribution < -0.4 is 4.90 Å². The number of rotatable bonds is 3. The molecule has 5 heteroatoms. The molecular formula is C24H28N4O. The molecule has 2 heterocycles. The van der Waals surface area contributed by atoms with Gasteiger partial charge in [0, 0.05) is 43.5 Å². The lowest BCUT2D eigenvalue weighted by atomic mass is 9.91. The van der Waals surface area contributed by atoms with Gasteiger partial charge in [-0.1, -0.05) is 63.2 Å². The van der Waals surface area contributed by atoms with Crippen LogP contribution in [0.4, 0.5) is 5.82 Å². The molecule has 4 rings (SSSR count). The quantitative estimate of drug-likeness (QED) is 0.668. The molecule has 1 aromatic heterocycles. The summed E-state index contributed by atoms with van der Waals surface area (Å²) in [6.07, 6.45) is 0.585. The molecule has 5 nitrogen and oxygen atoms in total. The van der Waals surface area contributed by atoms with Crippen molar-refractivity contribution in [1.82, 2.24) is 14.9 Å². The van der Waals surface area contributed by atoms with Crippen molar-refractivity contribution in [2.24, 2.45) is 5.41 Å². The highest BCUT2D eigenvalue weighted by molar-refractivity contribution is 5.91. The van der Waals surface area contributed by atoms with Crippen molar-refractivity contribution in [3.8, 4) is 11.4 Å². The fraction of sp³-hybridized carbons (Fsp3) is 0.375. The molecule has 0 aliphatic carbocycles. The molecule has 0 radical (unpaired) electrons. The van der Waals surface area contributed by atoms with Crippen molar-refractivity contribution in [3.63, 3.8) is 0 Å². The maximum absolute atomic E-state index is 12.6. The first kappa shape index (κ1) is 19.4. The Hall–Kier alpha value is -2.95. The first-order valence-corrected chi connectivity index (χ1v) is 10.3. The van der Waals surface area contributed by atoms with Gasteiger partial charge in [-0.2, -0.15) is 0 Å². The number of fused-ring (bicyclic) bond motifs is 1. The predicted molar refractivity (Wildman–Crippen MR) is 118 cm³/mol. The van der Waals surface area contributed by atoms with E-state index < -0.39 is 0 Å². The van der Waals surface area contributed by atoms with Gasteiger partial charge in [-0.05, 0) is 17.5 Å². The molecule has 0 saturated carbocycles. The number of carbonyl (C=O) groups excluding carboxylic acids is 1. The van der Waals surface area contributed by atoms with Crippen molar-refractivity contribution in [3.05, 3.63) is 54.6 Å². The number of piperazine rings is 1. The molecule has 3 aromatic rings. The zero-order valence-electron chi connectivity index (χ0n) is 17.4. The number of anilines is 1. The lowest BCUT2D eigenvalue weighted by molar-refractivity contribution is -0.133. The molecule has 150 valence electrons. The first-order valence-electron chi connectivity index (χ1n) is 10.3. The van der Waals surface area contributed by atoms with Crippen LogP contribution in [-0.4, -0.2) is 47.0 Å². The smallest absolute Gasteiger partial charge is 0.223 e. The molecule has 1 fully saturated rings. The summed E-state index contributed by atoms with van der Waals surface area (Å²) in [7, 11) is 0. The molecule has 0 unspecified atom stereocenters. The van der Waals surface area contributed by atoms with Crippen molar-refractivity contribution >= 4 is 22.6 Å². The van der Waals surface area contributed by atoms with Gasteiger partial charge in [-0.15, -0.1) is 0 Å². The Labute approximate surface area is 172 Å². The van der Waals surface area contributed by atoms with Gasteiger partial charge in [0.05, 0.1) is 5.52 Å². The molecule has 1 aliphatic heterocycles. The Morgan fingerprint density at radius 2 is 1.55 bits per heavy atom. The van der Waals surface area contributed by atoms with Gasteiger partial charge in [-0.3, -0.25) is 4.79 Å². The van der Waals surface area contributed by atoms with E-state index in [4.69, 9.17) is 9.97 Å². The summed E-state index contributed by atoms with van der Waals surface area (Å²) in [5.41, 5.74) is 1.97. The van der Waals surface area contributed by atoms with E-state index in [1.807, 2.05) is 53.4 Å². The van der Waals surface area contributed by atoms with Crippen LogP contribution in [0.25, 0.3) is 22.3 Å². The van der Waals surface area contributed by atoms with Crippen molar-refractivity contribution in [1.29, 1.82) is 0 Å². The van der Waals surface area contributed by atoms with E-state index in [9.17, 15) is 4.79 Å². The predicted octanol–water partition coefficient (Wildman–Crippen LogP) is 4.38. The van der Waals surface area contributed by atoms with E-state index in [0.29, 0.717) is 6.42 Å². The van der Waals surface area contributed by atoms with E-state index in [2.05, 4.69) is 31.7 Å². The van der Waals surface area contributed by atoms with Crippen molar-refractivity contribution < 1.29 is 4.79 Å². The number of amides is 1. The summed E-state index contributed by atoms with van der Waals surface area (Å²) in [6, 6.07) is 18.2. The summed E-state index contributed by atoms with van der Waals surface area (Å²) >= 11 is 0. The summed E-state index contributed by atoms with van der Waals surface area (Å²) in [6.45, 7) is 9.36. The Balaban J connectivity index is 1.60. The van der Waals surface area contributed by atoms with Gasteiger partial charge in [-0.25, -0.2) is 9.97 Å². The number of hydrogen-bond donors (Lipinski definition) is 0. The van der Waals surface area contributed by atoms with Gasteiger partial charge in [0.15, 0.2) is 5.82 Å². The van der Waals surface area contributed by atoms with Crippen LogP contribution in [0.3, 0.4) is 0 Å². The van der Waals surface area contributed by atoms with E-state index in [1.165, 1.54) is 0 Å². The SMILES string of the molecule is CC(C)(C)CC(=O)N1CCN(c2nc(-c3ccccc3)nc3ccccc23)CC1. The minimum atomic E-state index is 0.0155. The second-order valence-corrected chi connectivity index (χ2v) is 8.86. The van der Waals surface area contributed by atoms with E-state index in [1.54, 1.807) is 0 Å². The van der Waals surface area contributed by atoms with Crippen molar-refractivity contribution in [2.75, 3.05) is 31.1 Å². The fourth-order valence-corrected chi connectivity index (χ4v) is 3.75. The second-order valence-electron chi connectivity index (χ2n) is 8.86.